The lowest BCUT2D eigenvalue weighted by Crippen LogP contribution is -2.14. The van der Waals surface area contributed by atoms with Gasteiger partial charge in [0.05, 0.1) is 0 Å². The van der Waals surface area contributed by atoms with Gasteiger partial charge in [0.15, 0.2) is 8.67 Å². The fraction of sp³-hybridized carbons (Fsp3) is 0.0667. The van der Waals surface area contributed by atoms with Crippen molar-refractivity contribution in [1.82, 2.24) is 0 Å². The quantitative estimate of drug-likeness (QED) is 0.202. The van der Waals surface area contributed by atoms with Gasteiger partial charge in [-0.05, 0) is 44.5 Å². The first-order chi connectivity index (χ1) is 16.4. The molecule has 2 aliphatic carbocycles. The molecule has 0 saturated carbocycles. The Hall–Kier alpha value is -2.48. The molecule has 2 aliphatic rings. The molecule has 4 heteroatoms. The van der Waals surface area contributed by atoms with Crippen LogP contribution < -0.4 is 0 Å². The van der Waals surface area contributed by atoms with Crippen LogP contribution in [0.15, 0.2) is 97.1 Å². The van der Waals surface area contributed by atoms with E-state index in [1.165, 1.54) is 0 Å². The van der Waals surface area contributed by atoms with Crippen molar-refractivity contribution in [2.45, 2.75) is 8.67 Å². The molecule has 4 aromatic rings. The Labute approximate surface area is 220 Å². The minimum Gasteiger partial charge on any atom is -0.0909 e. The Kier molecular flexibility index (Phi) is 6.35. The molecule has 6 rings (SSSR count). The van der Waals surface area contributed by atoms with Gasteiger partial charge in [0.1, 0.15) is 0 Å². The zero-order chi connectivity index (χ0) is 23.8. The van der Waals surface area contributed by atoms with Gasteiger partial charge in [-0.15, -0.1) is 0 Å². The number of fused-ring (bicyclic) bond motifs is 4. The molecular weight excluding hydrogens is 502 g/mol. The van der Waals surface area contributed by atoms with Crippen molar-refractivity contribution < 1.29 is 0 Å². The van der Waals surface area contributed by atoms with E-state index >= 15 is 0 Å². The molecule has 0 aromatic heterocycles. The maximum absolute atomic E-state index is 6.56. The Balaban J connectivity index is 0.000000142. The highest BCUT2D eigenvalue weighted by Gasteiger charge is 2.34. The fourth-order valence-electron chi connectivity index (χ4n) is 4.36. The van der Waals surface area contributed by atoms with Crippen molar-refractivity contribution in [2.75, 3.05) is 0 Å². The number of alkyl halides is 4. The standard InChI is InChI=1S/2C15H10Cl2/c2*16-15(17)13-7-3-1-5-11(13)9-10-12-6-2-4-8-14(12)15/h2*1-10H. The van der Waals surface area contributed by atoms with Gasteiger partial charge >= 0.3 is 0 Å². The largest absolute Gasteiger partial charge is 0.169 e. The van der Waals surface area contributed by atoms with Crippen LogP contribution in [0.1, 0.15) is 44.5 Å². The van der Waals surface area contributed by atoms with Gasteiger partial charge in [0, 0.05) is 0 Å². The molecule has 168 valence electrons. The van der Waals surface area contributed by atoms with E-state index in [0.29, 0.717) is 0 Å². The number of halogens is 4. The van der Waals surface area contributed by atoms with E-state index in [1.807, 2.05) is 97.1 Å². The monoisotopic (exact) mass is 520 g/mol. The summed E-state index contributed by atoms with van der Waals surface area (Å²) in [6, 6.07) is 31.8. The zero-order valence-corrected chi connectivity index (χ0v) is 21.1. The van der Waals surface area contributed by atoms with Gasteiger partial charge in [0.2, 0.25) is 0 Å². The van der Waals surface area contributed by atoms with E-state index in [9.17, 15) is 0 Å². The first-order valence-corrected chi connectivity index (χ1v) is 12.4. The average molecular weight is 522 g/mol. The highest BCUT2D eigenvalue weighted by atomic mass is 35.5. The third-order valence-corrected chi connectivity index (χ3v) is 7.71. The summed E-state index contributed by atoms with van der Waals surface area (Å²) in [6.07, 6.45) is 8.22. The third kappa shape index (κ3) is 4.21. The maximum atomic E-state index is 6.56. The molecule has 0 fully saturated rings. The van der Waals surface area contributed by atoms with Crippen molar-refractivity contribution in [3.63, 3.8) is 0 Å². The van der Waals surface area contributed by atoms with Crippen molar-refractivity contribution in [3.05, 3.63) is 142 Å². The van der Waals surface area contributed by atoms with E-state index in [4.69, 9.17) is 46.4 Å². The van der Waals surface area contributed by atoms with Crippen molar-refractivity contribution in [2.24, 2.45) is 0 Å². The Morgan fingerprint density at radius 1 is 0.324 bits per heavy atom. The van der Waals surface area contributed by atoms with Crippen molar-refractivity contribution in [1.29, 1.82) is 0 Å². The van der Waals surface area contributed by atoms with Crippen LogP contribution in [-0.2, 0) is 8.67 Å². The molecule has 0 unspecified atom stereocenters. The van der Waals surface area contributed by atoms with Crippen LogP contribution in [-0.4, -0.2) is 0 Å². The van der Waals surface area contributed by atoms with Gasteiger partial charge in [0.25, 0.3) is 0 Å². The summed E-state index contributed by atoms with van der Waals surface area (Å²) in [5.74, 6) is 0. The lowest BCUT2D eigenvalue weighted by molar-refractivity contribution is 1.03. The van der Waals surface area contributed by atoms with Gasteiger partial charge in [-0.3, -0.25) is 0 Å². The molecule has 0 amide bonds. The highest BCUT2D eigenvalue weighted by molar-refractivity contribution is 6.51. The average Bonchev–Trinajstić information content (AvgIpc) is 3.05. The summed E-state index contributed by atoms with van der Waals surface area (Å²) in [4.78, 5) is 0. The molecule has 0 saturated heterocycles. The number of benzene rings is 4. The normalized spacial score (nSPS) is 15.9. The van der Waals surface area contributed by atoms with Crippen molar-refractivity contribution in [3.8, 4) is 0 Å². The summed E-state index contributed by atoms with van der Waals surface area (Å²) in [7, 11) is 0. The first kappa shape index (κ1) is 23.3. The lowest BCUT2D eigenvalue weighted by atomic mass is 9.99. The first-order valence-electron chi connectivity index (χ1n) is 10.9. The molecule has 0 aliphatic heterocycles. The smallest absolute Gasteiger partial charge is 0.0909 e. The SMILES string of the molecule is ClC1(Cl)c2ccccc2C=Cc2ccccc21.ClC1(Cl)c2ccccc2C=Cc2ccccc21. The fourth-order valence-corrected chi connectivity index (χ4v) is 5.74. The van der Waals surface area contributed by atoms with Crippen LogP contribution in [0.3, 0.4) is 0 Å². The molecular formula is C30H20Cl4. The van der Waals surface area contributed by atoms with Crippen molar-refractivity contribution >= 4 is 70.7 Å². The number of hydrogen-bond donors (Lipinski definition) is 0. The van der Waals surface area contributed by atoms with E-state index in [2.05, 4.69) is 24.3 Å². The minimum absolute atomic E-state index is 0.935. The van der Waals surface area contributed by atoms with Gasteiger partial charge < -0.3 is 0 Å². The molecule has 0 atom stereocenters. The highest BCUT2D eigenvalue weighted by Crippen LogP contribution is 2.47. The predicted octanol–water partition coefficient (Wildman–Crippen LogP) is 9.70. The topological polar surface area (TPSA) is 0 Å². The lowest BCUT2D eigenvalue weighted by Gasteiger charge is -2.22. The van der Waals surface area contributed by atoms with Crippen LogP contribution in [0.25, 0.3) is 24.3 Å². The van der Waals surface area contributed by atoms with Gasteiger partial charge in [-0.1, -0.05) is 168 Å². The third-order valence-electron chi connectivity index (χ3n) is 6.08. The molecule has 0 radical (unpaired) electrons. The predicted molar refractivity (Wildman–Crippen MR) is 149 cm³/mol. The Morgan fingerprint density at radius 2 is 0.529 bits per heavy atom. The molecule has 0 heterocycles. The van der Waals surface area contributed by atoms with Crippen LogP contribution in [0.4, 0.5) is 0 Å². The van der Waals surface area contributed by atoms with Crippen LogP contribution in [0.5, 0.6) is 0 Å². The summed E-state index contributed by atoms with van der Waals surface area (Å²) >= 11 is 26.3. The summed E-state index contributed by atoms with van der Waals surface area (Å²) in [5, 5.41) is 0. The second-order valence-electron chi connectivity index (χ2n) is 8.16. The second-order valence-corrected chi connectivity index (χ2v) is 10.8. The van der Waals surface area contributed by atoms with E-state index in [-0.39, 0.29) is 0 Å². The molecule has 0 spiro atoms. The maximum Gasteiger partial charge on any atom is 0.169 e. The van der Waals surface area contributed by atoms with Crippen LogP contribution in [0.2, 0.25) is 0 Å². The van der Waals surface area contributed by atoms with E-state index in [1.54, 1.807) is 0 Å². The number of hydrogen-bond acceptors (Lipinski definition) is 0. The minimum atomic E-state index is -0.989. The van der Waals surface area contributed by atoms with E-state index < -0.39 is 8.67 Å². The molecule has 0 N–H and O–H groups in total. The van der Waals surface area contributed by atoms with Gasteiger partial charge in [-0.2, -0.15) is 0 Å². The summed E-state index contributed by atoms with van der Waals surface area (Å²) in [6.45, 7) is 0. The Bertz CT molecular complexity index is 1200. The summed E-state index contributed by atoms with van der Waals surface area (Å²) < 4.78 is -1.98. The van der Waals surface area contributed by atoms with Gasteiger partial charge in [-0.25, -0.2) is 0 Å². The zero-order valence-electron chi connectivity index (χ0n) is 18.1. The van der Waals surface area contributed by atoms with Crippen LogP contribution in [0, 0.1) is 0 Å². The molecule has 0 bridgehead atoms. The molecule has 0 nitrogen and oxygen atoms in total. The van der Waals surface area contributed by atoms with E-state index in [0.717, 1.165) is 44.5 Å². The molecule has 34 heavy (non-hydrogen) atoms. The Morgan fingerprint density at radius 3 is 0.765 bits per heavy atom. The summed E-state index contributed by atoms with van der Waals surface area (Å²) in [5.41, 5.74) is 7.99. The number of rotatable bonds is 0. The second kappa shape index (κ2) is 9.29. The van der Waals surface area contributed by atoms with Crippen LogP contribution >= 0.6 is 46.4 Å². The molecule has 4 aromatic carbocycles.